The number of carbonyl (C=O) groups is 3. The monoisotopic (exact) mass is 414 g/mol. The van der Waals surface area contributed by atoms with Gasteiger partial charge in [0, 0.05) is 24.6 Å². The number of nitro benzene ring substituents is 1. The highest BCUT2D eigenvalue weighted by Crippen LogP contribution is 2.17. The number of aliphatic carboxylic acids is 1. The molecule has 0 saturated heterocycles. The molecular weight excluding hydrogens is 392 g/mol. The summed E-state index contributed by atoms with van der Waals surface area (Å²) in [5, 5.41) is 23.0. The van der Waals surface area contributed by atoms with E-state index >= 15 is 0 Å². The van der Waals surface area contributed by atoms with Crippen molar-refractivity contribution in [2.24, 2.45) is 5.92 Å². The summed E-state index contributed by atoms with van der Waals surface area (Å²) in [5.74, 6) is -2.95. The fourth-order valence-electron chi connectivity index (χ4n) is 2.90. The van der Waals surface area contributed by atoms with E-state index in [4.69, 9.17) is 4.74 Å². The van der Waals surface area contributed by atoms with E-state index < -0.39 is 34.7 Å². The number of hydrogen-bond donors (Lipinski definition) is 2. The summed E-state index contributed by atoms with van der Waals surface area (Å²) < 4.78 is 4.99. The van der Waals surface area contributed by atoms with E-state index in [-0.39, 0.29) is 30.7 Å². The Hall–Kier alpha value is -3.75. The molecule has 0 heterocycles. The largest absolute Gasteiger partial charge is 0.481 e. The van der Waals surface area contributed by atoms with Gasteiger partial charge in [-0.1, -0.05) is 30.3 Å². The van der Waals surface area contributed by atoms with Crippen LogP contribution in [0.5, 0.6) is 0 Å². The number of benzene rings is 2. The maximum atomic E-state index is 12.5. The van der Waals surface area contributed by atoms with Gasteiger partial charge in [0.2, 0.25) is 0 Å². The highest BCUT2D eigenvalue weighted by Gasteiger charge is 2.25. The highest BCUT2D eigenvalue weighted by molar-refractivity contribution is 5.94. The third-order valence-electron chi connectivity index (χ3n) is 4.41. The summed E-state index contributed by atoms with van der Waals surface area (Å²) in [6.45, 7) is 1.03. The molecule has 0 spiro atoms. The van der Waals surface area contributed by atoms with Crippen LogP contribution in [0.2, 0.25) is 0 Å². The number of ether oxygens (including phenoxy) is 1. The van der Waals surface area contributed by atoms with Crippen LogP contribution in [0.25, 0.3) is 0 Å². The molecule has 158 valence electrons. The van der Waals surface area contributed by atoms with Gasteiger partial charge in [0.15, 0.2) is 0 Å². The van der Waals surface area contributed by atoms with Gasteiger partial charge >= 0.3 is 11.9 Å². The second-order valence-electron chi connectivity index (χ2n) is 6.74. The Kier molecular flexibility index (Phi) is 8.04. The van der Waals surface area contributed by atoms with Gasteiger partial charge in [0.25, 0.3) is 11.6 Å². The zero-order valence-electron chi connectivity index (χ0n) is 16.3. The van der Waals surface area contributed by atoms with Crippen LogP contribution in [0.4, 0.5) is 5.69 Å². The molecule has 9 heteroatoms. The van der Waals surface area contributed by atoms with E-state index in [9.17, 15) is 29.6 Å². The van der Waals surface area contributed by atoms with E-state index in [1.165, 1.54) is 31.2 Å². The molecule has 2 aromatic rings. The lowest BCUT2D eigenvalue weighted by Gasteiger charge is -2.22. The van der Waals surface area contributed by atoms with Crippen LogP contribution >= 0.6 is 0 Å². The summed E-state index contributed by atoms with van der Waals surface area (Å²) in [7, 11) is 0. The van der Waals surface area contributed by atoms with E-state index in [0.717, 1.165) is 5.56 Å². The molecule has 0 aliphatic carbocycles. The molecule has 2 unspecified atom stereocenters. The van der Waals surface area contributed by atoms with Crippen LogP contribution in [0.3, 0.4) is 0 Å². The lowest BCUT2D eigenvalue weighted by molar-refractivity contribution is -0.384. The Morgan fingerprint density at radius 1 is 1.10 bits per heavy atom. The SMILES string of the molecule is CC(=O)OCC(CC(Cc1ccccc1)C(=O)O)NC(=O)c1ccc([N+](=O)[O-])cc1. The maximum absolute atomic E-state index is 12.5. The average molecular weight is 414 g/mol. The summed E-state index contributed by atoms with van der Waals surface area (Å²) in [6.07, 6.45) is 0.288. The number of nitrogens with zero attached hydrogens (tertiary/aromatic N) is 1. The van der Waals surface area contributed by atoms with Crippen molar-refractivity contribution >= 4 is 23.5 Å². The van der Waals surface area contributed by atoms with E-state index in [0.29, 0.717) is 0 Å². The van der Waals surface area contributed by atoms with Crippen molar-refractivity contribution in [3.05, 3.63) is 75.8 Å². The molecule has 0 aliphatic heterocycles. The molecule has 2 aromatic carbocycles. The lowest BCUT2D eigenvalue weighted by atomic mass is 9.92. The topological polar surface area (TPSA) is 136 Å². The van der Waals surface area contributed by atoms with E-state index in [1.54, 1.807) is 12.1 Å². The second-order valence-corrected chi connectivity index (χ2v) is 6.74. The van der Waals surface area contributed by atoms with Crippen molar-refractivity contribution in [1.82, 2.24) is 5.32 Å². The molecular formula is C21H22N2O7. The number of non-ortho nitro benzene ring substituents is 1. The molecule has 0 saturated carbocycles. The number of nitrogens with one attached hydrogen (secondary N) is 1. The minimum atomic E-state index is -1.03. The summed E-state index contributed by atoms with van der Waals surface area (Å²) in [6, 6.07) is 13.3. The lowest BCUT2D eigenvalue weighted by Crippen LogP contribution is -2.41. The number of carbonyl (C=O) groups excluding carboxylic acids is 2. The zero-order valence-corrected chi connectivity index (χ0v) is 16.3. The molecule has 2 rings (SSSR count). The molecule has 0 radical (unpaired) electrons. The first-order valence-corrected chi connectivity index (χ1v) is 9.21. The van der Waals surface area contributed by atoms with Crippen LogP contribution in [0.1, 0.15) is 29.3 Å². The third kappa shape index (κ3) is 7.01. The van der Waals surface area contributed by atoms with Crippen LogP contribution in [0, 0.1) is 16.0 Å². The summed E-state index contributed by atoms with van der Waals surface area (Å²) >= 11 is 0. The molecule has 0 aliphatic rings. The fourth-order valence-corrected chi connectivity index (χ4v) is 2.90. The third-order valence-corrected chi connectivity index (χ3v) is 4.41. The zero-order chi connectivity index (χ0) is 22.1. The number of hydrogen-bond acceptors (Lipinski definition) is 6. The predicted molar refractivity (Wildman–Crippen MR) is 107 cm³/mol. The molecule has 30 heavy (non-hydrogen) atoms. The van der Waals surface area contributed by atoms with E-state index in [1.807, 2.05) is 18.2 Å². The second kappa shape index (κ2) is 10.7. The first kappa shape index (κ1) is 22.5. The Balaban J connectivity index is 2.12. The van der Waals surface area contributed by atoms with Crippen molar-refractivity contribution in [1.29, 1.82) is 0 Å². The minimum absolute atomic E-state index is 0.0379. The van der Waals surface area contributed by atoms with Crippen molar-refractivity contribution in [2.75, 3.05) is 6.61 Å². The van der Waals surface area contributed by atoms with Gasteiger partial charge in [0.05, 0.1) is 16.9 Å². The van der Waals surface area contributed by atoms with Gasteiger partial charge < -0.3 is 15.2 Å². The van der Waals surface area contributed by atoms with Crippen molar-refractivity contribution in [3.8, 4) is 0 Å². The van der Waals surface area contributed by atoms with Gasteiger partial charge in [0.1, 0.15) is 6.61 Å². The molecule has 0 aromatic heterocycles. The normalized spacial score (nSPS) is 12.4. The van der Waals surface area contributed by atoms with Crippen LogP contribution < -0.4 is 5.32 Å². The van der Waals surface area contributed by atoms with Crippen molar-refractivity contribution in [2.45, 2.75) is 25.8 Å². The van der Waals surface area contributed by atoms with Crippen molar-refractivity contribution < 1.29 is 29.2 Å². The van der Waals surface area contributed by atoms with Gasteiger partial charge in [-0.15, -0.1) is 0 Å². The Bertz CT molecular complexity index is 897. The summed E-state index contributed by atoms with van der Waals surface area (Å²) in [5.41, 5.74) is 0.845. The number of carboxylic acid groups (broad SMARTS) is 1. The Labute approximate surface area is 172 Å². The van der Waals surface area contributed by atoms with Gasteiger partial charge in [-0.3, -0.25) is 24.5 Å². The van der Waals surface area contributed by atoms with Crippen LogP contribution in [-0.4, -0.2) is 40.5 Å². The molecule has 2 atom stereocenters. The smallest absolute Gasteiger partial charge is 0.306 e. The highest BCUT2D eigenvalue weighted by atomic mass is 16.6. The van der Waals surface area contributed by atoms with Crippen LogP contribution in [0.15, 0.2) is 54.6 Å². The maximum Gasteiger partial charge on any atom is 0.306 e. The predicted octanol–water partition coefficient (Wildman–Crippen LogP) is 2.59. The molecule has 1 amide bonds. The van der Waals surface area contributed by atoms with Gasteiger partial charge in [-0.25, -0.2) is 0 Å². The number of amides is 1. The number of nitro groups is 1. The number of esters is 1. The quantitative estimate of drug-likeness (QED) is 0.346. The van der Waals surface area contributed by atoms with Gasteiger partial charge in [-0.2, -0.15) is 0 Å². The molecule has 0 fully saturated rings. The molecule has 0 bridgehead atoms. The number of rotatable bonds is 10. The molecule has 2 N–H and O–H groups in total. The first-order valence-electron chi connectivity index (χ1n) is 9.21. The number of carboxylic acids is 1. The van der Waals surface area contributed by atoms with Gasteiger partial charge in [-0.05, 0) is 30.5 Å². The van der Waals surface area contributed by atoms with Crippen LogP contribution in [-0.2, 0) is 20.7 Å². The first-order chi connectivity index (χ1) is 14.3. The Morgan fingerprint density at radius 3 is 2.27 bits per heavy atom. The fraction of sp³-hybridized carbons (Fsp3) is 0.286. The summed E-state index contributed by atoms with van der Waals surface area (Å²) in [4.78, 5) is 45.6. The molecule has 9 nitrogen and oxygen atoms in total. The van der Waals surface area contributed by atoms with Crippen molar-refractivity contribution in [3.63, 3.8) is 0 Å². The standard InChI is InChI=1S/C21H22N2O7/c1-14(24)30-13-18(12-17(21(26)27)11-15-5-3-2-4-6-15)22-20(25)16-7-9-19(10-8-16)23(28)29/h2-10,17-18H,11-13H2,1H3,(H,22,25)(H,26,27). The minimum Gasteiger partial charge on any atom is -0.481 e. The van der Waals surface area contributed by atoms with E-state index in [2.05, 4.69) is 5.32 Å². The Morgan fingerprint density at radius 2 is 1.73 bits per heavy atom. The average Bonchev–Trinajstić information content (AvgIpc) is 2.72.